The molecule has 0 saturated heterocycles. The second-order valence-electron chi connectivity index (χ2n) is 13.8. The highest BCUT2D eigenvalue weighted by molar-refractivity contribution is 6.09. The SMILES string of the molecule is c1ccc(-n2c3ccccc3c3cc(Cc4ccc5c(c4)C4(c6ccccc6-5)C5CC6CC(C5)CC4C6)ccc32)cc1. The van der Waals surface area contributed by atoms with Crippen molar-refractivity contribution in [1.29, 1.82) is 0 Å². The van der Waals surface area contributed by atoms with Crippen molar-refractivity contribution < 1.29 is 0 Å². The van der Waals surface area contributed by atoms with Crippen LogP contribution in [0.4, 0.5) is 0 Å². The quantitative estimate of drug-likeness (QED) is 0.210. The predicted octanol–water partition coefficient (Wildman–Crippen LogP) is 10.1. The van der Waals surface area contributed by atoms with Gasteiger partial charge in [-0.25, -0.2) is 0 Å². The third kappa shape index (κ3) is 3.04. The van der Waals surface area contributed by atoms with Gasteiger partial charge in [0, 0.05) is 21.9 Å². The van der Waals surface area contributed by atoms with Crippen LogP contribution in [0.5, 0.6) is 0 Å². The van der Waals surface area contributed by atoms with Crippen molar-refractivity contribution in [1.82, 2.24) is 4.57 Å². The highest BCUT2D eigenvalue weighted by Crippen LogP contribution is 2.69. The number of hydrogen-bond acceptors (Lipinski definition) is 0. The van der Waals surface area contributed by atoms with Gasteiger partial charge in [0.05, 0.1) is 11.0 Å². The van der Waals surface area contributed by atoms with E-state index in [9.17, 15) is 0 Å². The number of fused-ring (bicyclic) bond motifs is 6. The Hall–Kier alpha value is -4.10. The van der Waals surface area contributed by atoms with Crippen molar-refractivity contribution in [3.63, 3.8) is 0 Å². The van der Waals surface area contributed by atoms with Gasteiger partial charge in [0.2, 0.25) is 0 Å². The number of benzene rings is 5. The van der Waals surface area contributed by atoms with Crippen molar-refractivity contribution >= 4 is 21.8 Å². The molecule has 6 aromatic rings. The van der Waals surface area contributed by atoms with Crippen LogP contribution in [0.2, 0.25) is 0 Å². The molecule has 204 valence electrons. The average molecular weight is 542 g/mol. The Morgan fingerprint density at radius 2 is 1.17 bits per heavy atom. The molecule has 1 heteroatoms. The number of rotatable bonds is 3. The molecule has 1 spiro atoms. The number of para-hydroxylation sites is 2. The van der Waals surface area contributed by atoms with E-state index in [1.807, 2.05) is 0 Å². The van der Waals surface area contributed by atoms with Gasteiger partial charge in [-0.05, 0) is 126 Å². The third-order valence-electron chi connectivity index (χ3n) is 11.8. The van der Waals surface area contributed by atoms with Crippen LogP contribution in [0.1, 0.15) is 54.4 Å². The first-order valence-corrected chi connectivity index (χ1v) is 16.1. The molecule has 0 unspecified atom stereocenters. The lowest BCUT2D eigenvalue weighted by Gasteiger charge is -2.61. The van der Waals surface area contributed by atoms with E-state index in [1.165, 1.54) is 81.9 Å². The molecule has 11 rings (SSSR count). The molecule has 5 aliphatic carbocycles. The molecule has 4 bridgehead atoms. The van der Waals surface area contributed by atoms with Gasteiger partial charge in [0.1, 0.15) is 0 Å². The Morgan fingerprint density at radius 3 is 2.00 bits per heavy atom. The second kappa shape index (κ2) is 8.48. The maximum atomic E-state index is 2.65. The fourth-order valence-corrected chi connectivity index (χ4v) is 10.5. The first-order chi connectivity index (χ1) is 20.8. The molecule has 1 heterocycles. The molecular formula is C41H35N. The van der Waals surface area contributed by atoms with E-state index >= 15 is 0 Å². The normalized spacial score (nSPS) is 26.8. The van der Waals surface area contributed by atoms with Gasteiger partial charge < -0.3 is 4.57 Å². The molecule has 0 radical (unpaired) electrons. The molecule has 4 fully saturated rings. The van der Waals surface area contributed by atoms with E-state index in [2.05, 4.69) is 120 Å². The second-order valence-corrected chi connectivity index (χ2v) is 13.8. The van der Waals surface area contributed by atoms with Gasteiger partial charge in [-0.2, -0.15) is 0 Å². The van der Waals surface area contributed by atoms with Gasteiger partial charge in [0.15, 0.2) is 0 Å². The van der Waals surface area contributed by atoms with E-state index in [-0.39, 0.29) is 5.41 Å². The smallest absolute Gasteiger partial charge is 0.0541 e. The molecule has 0 atom stereocenters. The van der Waals surface area contributed by atoms with Crippen molar-refractivity contribution in [2.75, 3.05) is 0 Å². The van der Waals surface area contributed by atoms with E-state index in [4.69, 9.17) is 0 Å². The highest BCUT2D eigenvalue weighted by Gasteiger charge is 2.61. The van der Waals surface area contributed by atoms with Crippen molar-refractivity contribution in [2.45, 2.75) is 43.9 Å². The number of aromatic nitrogens is 1. The van der Waals surface area contributed by atoms with Crippen LogP contribution in [-0.4, -0.2) is 4.57 Å². The lowest BCUT2D eigenvalue weighted by atomic mass is 9.43. The summed E-state index contributed by atoms with van der Waals surface area (Å²) in [4.78, 5) is 0. The Labute approximate surface area is 247 Å². The molecule has 0 aliphatic heterocycles. The van der Waals surface area contributed by atoms with Gasteiger partial charge in [-0.3, -0.25) is 0 Å². The fraction of sp³-hybridized carbons (Fsp3) is 0.268. The minimum atomic E-state index is 0.239. The van der Waals surface area contributed by atoms with Crippen LogP contribution < -0.4 is 0 Å². The summed E-state index contributed by atoms with van der Waals surface area (Å²) in [6, 6.07) is 43.8. The molecule has 0 N–H and O–H groups in total. The molecule has 5 aliphatic rings. The number of nitrogens with zero attached hydrogens (tertiary/aromatic N) is 1. The summed E-state index contributed by atoms with van der Waals surface area (Å²) in [5.74, 6) is 3.57. The van der Waals surface area contributed by atoms with Gasteiger partial charge in [0.25, 0.3) is 0 Å². The van der Waals surface area contributed by atoms with Crippen LogP contribution >= 0.6 is 0 Å². The minimum absolute atomic E-state index is 0.239. The standard InChI is InChI=1S/C41H35N/c1-2-8-32(9-3-1)42-39-13-7-5-11-35(39)36-24-26(15-17-40(36)42)18-27-14-16-34-33-10-4-6-12-37(33)41(38(34)25-27)30-20-28-19-29(22-30)23-31(41)21-28/h1-17,24-25,28-31H,18-23H2. The van der Waals surface area contributed by atoms with E-state index in [1.54, 1.807) is 11.1 Å². The summed E-state index contributed by atoms with van der Waals surface area (Å²) >= 11 is 0. The van der Waals surface area contributed by atoms with E-state index in [0.717, 1.165) is 30.1 Å². The van der Waals surface area contributed by atoms with E-state index in [0.29, 0.717) is 0 Å². The van der Waals surface area contributed by atoms with Crippen molar-refractivity contribution in [3.05, 3.63) is 138 Å². The Bertz CT molecular complexity index is 2000. The molecule has 1 nitrogen and oxygen atoms in total. The van der Waals surface area contributed by atoms with Crippen LogP contribution in [0.25, 0.3) is 38.6 Å². The summed E-state index contributed by atoms with van der Waals surface area (Å²) in [6.07, 6.45) is 8.22. The number of hydrogen-bond donors (Lipinski definition) is 0. The Kier molecular flexibility index (Phi) is 4.74. The minimum Gasteiger partial charge on any atom is -0.309 e. The van der Waals surface area contributed by atoms with Crippen LogP contribution in [0, 0.1) is 23.7 Å². The van der Waals surface area contributed by atoms with Crippen molar-refractivity contribution in [2.24, 2.45) is 23.7 Å². The van der Waals surface area contributed by atoms with Crippen LogP contribution in [-0.2, 0) is 11.8 Å². The molecular weight excluding hydrogens is 506 g/mol. The zero-order valence-corrected chi connectivity index (χ0v) is 24.0. The average Bonchev–Trinajstić information content (AvgIpc) is 3.50. The lowest BCUT2D eigenvalue weighted by Crippen LogP contribution is -2.55. The molecule has 0 amide bonds. The molecule has 42 heavy (non-hydrogen) atoms. The fourth-order valence-electron chi connectivity index (χ4n) is 10.5. The summed E-state index contributed by atoms with van der Waals surface area (Å²) in [5, 5.41) is 2.67. The summed E-state index contributed by atoms with van der Waals surface area (Å²) in [6.45, 7) is 0. The van der Waals surface area contributed by atoms with Crippen molar-refractivity contribution in [3.8, 4) is 16.8 Å². The summed E-state index contributed by atoms with van der Waals surface area (Å²) in [5.41, 5.74) is 13.2. The third-order valence-corrected chi connectivity index (χ3v) is 11.8. The van der Waals surface area contributed by atoms with Gasteiger partial charge in [-0.15, -0.1) is 0 Å². The van der Waals surface area contributed by atoms with Crippen LogP contribution in [0.3, 0.4) is 0 Å². The maximum Gasteiger partial charge on any atom is 0.0541 e. The first-order valence-electron chi connectivity index (χ1n) is 16.1. The predicted molar refractivity (Wildman–Crippen MR) is 173 cm³/mol. The monoisotopic (exact) mass is 541 g/mol. The summed E-state index contributed by atoms with van der Waals surface area (Å²) in [7, 11) is 0. The van der Waals surface area contributed by atoms with Gasteiger partial charge >= 0.3 is 0 Å². The summed E-state index contributed by atoms with van der Waals surface area (Å²) < 4.78 is 2.41. The Balaban J connectivity index is 1.10. The largest absolute Gasteiger partial charge is 0.309 e. The molecule has 1 aromatic heterocycles. The topological polar surface area (TPSA) is 4.93 Å². The van der Waals surface area contributed by atoms with E-state index < -0.39 is 0 Å². The zero-order valence-electron chi connectivity index (χ0n) is 24.0. The van der Waals surface area contributed by atoms with Gasteiger partial charge in [-0.1, -0.05) is 84.9 Å². The lowest BCUT2D eigenvalue weighted by molar-refractivity contribution is -0.0399. The maximum absolute atomic E-state index is 2.65. The zero-order chi connectivity index (χ0) is 27.4. The molecule has 5 aromatic carbocycles. The Morgan fingerprint density at radius 1 is 0.524 bits per heavy atom. The molecule has 4 saturated carbocycles. The van der Waals surface area contributed by atoms with Crippen LogP contribution in [0.15, 0.2) is 115 Å². The first kappa shape index (κ1) is 23.5. The highest BCUT2D eigenvalue weighted by atomic mass is 15.0.